The molecule has 2 aromatic heterocycles. The number of hydrogen-bond acceptors (Lipinski definition) is 4. The molecule has 0 aromatic carbocycles. The number of carbonyl (C=O) groups is 1. The van der Waals surface area contributed by atoms with Crippen molar-refractivity contribution in [2.75, 3.05) is 18.4 Å². The number of carbonyl (C=O) groups excluding carboxylic acids is 1. The van der Waals surface area contributed by atoms with Gasteiger partial charge in [0.25, 0.3) is 0 Å². The number of aromatic nitrogens is 3. The Morgan fingerprint density at radius 1 is 1.50 bits per heavy atom. The Hall–Kier alpha value is -2.21. The third-order valence-electron chi connectivity index (χ3n) is 3.66. The third-order valence-corrected chi connectivity index (χ3v) is 3.66. The van der Waals surface area contributed by atoms with Gasteiger partial charge in [0.1, 0.15) is 0 Å². The zero-order valence-corrected chi connectivity index (χ0v) is 11.3. The molecule has 0 bridgehead atoms. The van der Waals surface area contributed by atoms with E-state index in [1.54, 1.807) is 17.1 Å². The average Bonchev–Trinajstić information content (AvgIpc) is 3.11. The number of nitrogens with zero attached hydrogens (tertiary/aromatic N) is 3. The van der Waals surface area contributed by atoms with Gasteiger partial charge in [-0.15, -0.1) is 0 Å². The van der Waals surface area contributed by atoms with Crippen LogP contribution in [0.5, 0.6) is 0 Å². The Labute approximate surface area is 117 Å². The number of nitrogens with one attached hydrogen (secondary N) is 2. The smallest absolute Gasteiger partial charge is 0.231 e. The molecule has 1 saturated heterocycles. The van der Waals surface area contributed by atoms with Gasteiger partial charge in [0.05, 0.1) is 17.3 Å². The fourth-order valence-electron chi connectivity index (χ4n) is 2.29. The van der Waals surface area contributed by atoms with E-state index < -0.39 is 0 Å². The van der Waals surface area contributed by atoms with Crippen LogP contribution < -0.4 is 10.6 Å². The summed E-state index contributed by atoms with van der Waals surface area (Å²) in [7, 11) is 0. The summed E-state index contributed by atoms with van der Waals surface area (Å²) >= 11 is 0. The Morgan fingerprint density at radius 2 is 2.40 bits per heavy atom. The molecule has 0 spiro atoms. The molecule has 1 aliphatic rings. The minimum absolute atomic E-state index is 0.0381. The first-order valence-corrected chi connectivity index (χ1v) is 6.66. The first kappa shape index (κ1) is 12.8. The van der Waals surface area contributed by atoms with E-state index in [0.29, 0.717) is 5.69 Å². The first-order chi connectivity index (χ1) is 9.67. The van der Waals surface area contributed by atoms with Gasteiger partial charge in [-0.1, -0.05) is 0 Å². The fraction of sp³-hybridized carbons (Fsp3) is 0.357. The van der Waals surface area contributed by atoms with E-state index >= 15 is 0 Å². The van der Waals surface area contributed by atoms with E-state index in [-0.39, 0.29) is 11.3 Å². The first-order valence-electron chi connectivity index (χ1n) is 6.66. The number of hydrogen-bond donors (Lipinski definition) is 2. The largest absolute Gasteiger partial charge is 0.324 e. The summed E-state index contributed by atoms with van der Waals surface area (Å²) < 4.78 is 1.67. The lowest BCUT2D eigenvalue weighted by atomic mass is 9.89. The minimum atomic E-state index is -0.333. The SMILES string of the molecule is CC1(C(=O)Nc2ccc(-n3cccn3)nc2)CCNC1. The van der Waals surface area contributed by atoms with Crippen LogP contribution in [0.1, 0.15) is 13.3 Å². The van der Waals surface area contributed by atoms with Crippen molar-refractivity contribution >= 4 is 11.6 Å². The van der Waals surface area contributed by atoms with Crippen LogP contribution in [-0.2, 0) is 4.79 Å². The van der Waals surface area contributed by atoms with Gasteiger partial charge in [0.15, 0.2) is 5.82 Å². The van der Waals surface area contributed by atoms with Crippen LogP contribution in [0, 0.1) is 5.41 Å². The molecule has 3 rings (SSSR count). The number of amides is 1. The number of pyridine rings is 1. The highest BCUT2D eigenvalue weighted by atomic mass is 16.2. The van der Waals surface area contributed by atoms with Crippen molar-refractivity contribution in [2.45, 2.75) is 13.3 Å². The van der Waals surface area contributed by atoms with E-state index in [1.165, 1.54) is 0 Å². The highest BCUT2D eigenvalue weighted by Crippen LogP contribution is 2.26. The predicted octanol–water partition coefficient (Wildman–Crippen LogP) is 1.21. The van der Waals surface area contributed by atoms with Crippen LogP contribution in [0.15, 0.2) is 36.8 Å². The second kappa shape index (κ2) is 5.05. The maximum atomic E-state index is 12.3. The van der Waals surface area contributed by atoms with Crippen molar-refractivity contribution in [2.24, 2.45) is 5.41 Å². The number of anilines is 1. The standard InChI is InChI=1S/C14H17N5O/c1-14(5-7-15-10-14)13(20)18-11-3-4-12(16-9-11)19-8-2-6-17-19/h2-4,6,8-9,15H,5,7,10H2,1H3,(H,18,20). The number of rotatable bonds is 3. The highest BCUT2D eigenvalue weighted by Gasteiger charge is 2.36. The van der Waals surface area contributed by atoms with E-state index in [2.05, 4.69) is 20.7 Å². The van der Waals surface area contributed by atoms with Crippen molar-refractivity contribution in [1.82, 2.24) is 20.1 Å². The van der Waals surface area contributed by atoms with Crippen molar-refractivity contribution in [1.29, 1.82) is 0 Å². The normalized spacial score (nSPS) is 21.9. The molecule has 1 atom stereocenters. The van der Waals surface area contributed by atoms with Crippen LogP contribution in [0.25, 0.3) is 5.82 Å². The average molecular weight is 271 g/mol. The van der Waals surface area contributed by atoms with Crippen LogP contribution >= 0.6 is 0 Å². The topological polar surface area (TPSA) is 71.8 Å². The monoisotopic (exact) mass is 271 g/mol. The molecule has 2 aromatic rings. The van der Waals surface area contributed by atoms with E-state index in [1.807, 2.05) is 31.3 Å². The molecule has 3 heterocycles. The van der Waals surface area contributed by atoms with Gasteiger partial charge in [-0.3, -0.25) is 4.79 Å². The molecule has 6 nitrogen and oxygen atoms in total. The molecule has 104 valence electrons. The lowest BCUT2D eigenvalue weighted by Gasteiger charge is -2.21. The maximum absolute atomic E-state index is 12.3. The summed E-state index contributed by atoms with van der Waals surface area (Å²) in [5.41, 5.74) is 0.375. The second-order valence-corrected chi connectivity index (χ2v) is 5.30. The van der Waals surface area contributed by atoms with Crippen LogP contribution in [0.4, 0.5) is 5.69 Å². The van der Waals surface area contributed by atoms with Crippen LogP contribution in [-0.4, -0.2) is 33.8 Å². The molecule has 0 aliphatic carbocycles. The summed E-state index contributed by atoms with van der Waals surface area (Å²) in [6.07, 6.45) is 6.04. The Balaban J connectivity index is 1.71. The molecule has 0 radical (unpaired) electrons. The Kier molecular flexibility index (Phi) is 3.23. The van der Waals surface area contributed by atoms with Gasteiger partial charge in [-0.25, -0.2) is 9.67 Å². The van der Waals surface area contributed by atoms with Gasteiger partial charge in [0, 0.05) is 18.9 Å². The summed E-state index contributed by atoms with van der Waals surface area (Å²) in [6, 6.07) is 5.51. The van der Waals surface area contributed by atoms with Crippen LogP contribution in [0.3, 0.4) is 0 Å². The van der Waals surface area contributed by atoms with Crippen molar-refractivity contribution < 1.29 is 4.79 Å². The van der Waals surface area contributed by atoms with Crippen molar-refractivity contribution in [3.8, 4) is 5.82 Å². The minimum Gasteiger partial charge on any atom is -0.324 e. The highest BCUT2D eigenvalue weighted by molar-refractivity contribution is 5.95. The van der Waals surface area contributed by atoms with Crippen LogP contribution in [0.2, 0.25) is 0 Å². The lowest BCUT2D eigenvalue weighted by Crippen LogP contribution is -2.35. The lowest BCUT2D eigenvalue weighted by molar-refractivity contribution is -0.123. The second-order valence-electron chi connectivity index (χ2n) is 5.30. The molecular weight excluding hydrogens is 254 g/mol. The van der Waals surface area contributed by atoms with Crippen molar-refractivity contribution in [3.63, 3.8) is 0 Å². The fourth-order valence-corrected chi connectivity index (χ4v) is 2.29. The predicted molar refractivity (Wildman–Crippen MR) is 75.6 cm³/mol. The summed E-state index contributed by atoms with van der Waals surface area (Å²) in [5.74, 6) is 0.762. The third kappa shape index (κ3) is 2.42. The molecule has 20 heavy (non-hydrogen) atoms. The van der Waals surface area contributed by atoms with Gasteiger partial charge in [-0.2, -0.15) is 5.10 Å². The van der Waals surface area contributed by atoms with Gasteiger partial charge in [0.2, 0.25) is 5.91 Å². The van der Waals surface area contributed by atoms with Gasteiger partial charge in [-0.05, 0) is 38.1 Å². The summed E-state index contributed by atoms with van der Waals surface area (Å²) in [5, 5.41) is 10.3. The quantitative estimate of drug-likeness (QED) is 0.880. The van der Waals surface area contributed by atoms with Crippen molar-refractivity contribution in [3.05, 3.63) is 36.8 Å². The molecule has 6 heteroatoms. The Bertz CT molecular complexity index is 585. The summed E-state index contributed by atoms with van der Waals surface area (Å²) in [6.45, 7) is 3.59. The molecule has 2 N–H and O–H groups in total. The van der Waals surface area contributed by atoms with E-state index in [9.17, 15) is 4.79 Å². The van der Waals surface area contributed by atoms with E-state index in [4.69, 9.17) is 0 Å². The molecule has 1 fully saturated rings. The Morgan fingerprint density at radius 3 is 3.00 bits per heavy atom. The molecule has 1 aliphatic heterocycles. The summed E-state index contributed by atoms with van der Waals surface area (Å²) in [4.78, 5) is 16.5. The van der Waals surface area contributed by atoms with Gasteiger partial charge >= 0.3 is 0 Å². The maximum Gasteiger partial charge on any atom is 0.231 e. The zero-order valence-electron chi connectivity index (χ0n) is 11.3. The molecule has 0 saturated carbocycles. The zero-order chi connectivity index (χ0) is 14.0. The van der Waals surface area contributed by atoms with E-state index in [0.717, 1.165) is 25.3 Å². The van der Waals surface area contributed by atoms with Gasteiger partial charge < -0.3 is 10.6 Å². The molecular formula is C14H17N5O. The molecule has 1 amide bonds. The molecule has 1 unspecified atom stereocenters.